The molecule has 0 aliphatic heterocycles. The molecule has 2 N–H and O–H groups in total. The molecule has 0 unspecified atom stereocenters. The van der Waals surface area contributed by atoms with Crippen LogP contribution in [0.4, 0.5) is 5.69 Å². The van der Waals surface area contributed by atoms with E-state index in [4.69, 9.17) is 9.79 Å². The number of anilines is 1. The van der Waals surface area contributed by atoms with Gasteiger partial charge < -0.3 is 14.7 Å². The Balaban J connectivity index is 3.05. The van der Waals surface area contributed by atoms with Crippen molar-refractivity contribution in [1.29, 1.82) is 0 Å². The molecule has 0 atom stereocenters. The molecule has 0 aromatic heterocycles. The van der Waals surface area contributed by atoms with Gasteiger partial charge in [0.05, 0.1) is 4.90 Å². The molecule has 0 saturated carbocycles. The highest BCUT2D eigenvalue weighted by molar-refractivity contribution is 7.90. The van der Waals surface area contributed by atoms with Crippen molar-refractivity contribution in [3.8, 4) is 0 Å². The van der Waals surface area contributed by atoms with Crippen molar-refractivity contribution in [2.75, 3.05) is 19.0 Å². The average Bonchev–Trinajstić information content (AvgIpc) is 2.14. The van der Waals surface area contributed by atoms with E-state index < -0.39 is 17.9 Å². The largest absolute Gasteiger partial charge is 0.484 e. The lowest BCUT2D eigenvalue weighted by molar-refractivity contribution is 0.285. The van der Waals surface area contributed by atoms with Gasteiger partial charge in [-0.2, -0.15) is 12.4 Å². The van der Waals surface area contributed by atoms with E-state index in [9.17, 15) is 13.0 Å². The lowest BCUT2D eigenvalue weighted by atomic mass is 10.3. The predicted molar refractivity (Wildman–Crippen MR) is 61.1 cm³/mol. The first kappa shape index (κ1) is 14.1. The molecular formula is C8H12NO6PS. The molecule has 9 heteroatoms. The Labute approximate surface area is 99.0 Å². The van der Waals surface area contributed by atoms with Crippen LogP contribution in [0.2, 0.25) is 0 Å². The first-order chi connectivity index (χ1) is 7.62. The number of hydrogen-bond acceptors (Lipinski definition) is 5. The fourth-order valence-electron chi connectivity index (χ4n) is 1.08. The molecule has 0 aliphatic rings. The molecule has 0 fully saturated rings. The van der Waals surface area contributed by atoms with E-state index >= 15 is 0 Å². The van der Waals surface area contributed by atoms with E-state index in [2.05, 4.69) is 3.97 Å². The zero-order valence-corrected chi connectivity index (χ0v) is 10.9. The number of phosphoric acid groups is 1. The number of hydrogen-bond donors (Lipinski definition) is 2. The Morgan fingerprint density at radius 2 is 1.65 bits per heavy atom. The van der Waals surface area contributed by atoms with Crippen LogP contribution >= 0.6 is 7.82 Å². The maximum Gasteiger partial charge on any atom is 0.484 e. The Morgan fingerprint density at radius 1 is 1.18 bits per heavy atom. The Hall–Kier alpha value is -0.920. The van der Waals surface area contributed by atoms with Crippen molar-refractivity contribution in [3.05, 3.63) is 24.3 Å². The van der Waals surface area contributed by atoms with Gasteiger partial charge in [-0.3, -0.25) is 0 Å². The van der Waals surface area contributed by atoms with Crippen LogP contribution in [0.25, 0.3) is 0 Å². The van der Waals surface area contributed by atoms with Crippen LogP contribution in [0, 0.1) is 0 Å². The van der Waals surface area contributed by atoms with Crippen molar-refractivity contribution in [2.45, 2.75) is 4.90 Å². The second-order valence-electron chi connectivity index (χ2n) is 3.41. The van der Waals surface area contributed by atoms with Gasteiger partial charge in [0, 0.05) is 19.8 Å². The third-order valence-electron chi connectivity index (χ3n) is 1.84. The topological polar surface area (TPSA) is 104 Å². The smallest absolute Gasteiger partial charge is 0.378 e. The van der Waals surface area contributed by atoms with Crippen molar-refractivity contribution < 1.29 is 26.7 Å². The fourth-order valence-corrected chi connectivity index (χ4v) is 2.92. The van der Waals surface area contributed by atoms with Gasteiger partial charge in [-0.15, -0.1) is 0 Å². The van der Waals surface area contributed by atoms with Gasteiger partial charge in [0.25, 0.3) is 0 Å². The third-order valence-corrected chi connectivity index (χ3v) is 4.25. The molecule has 0 spiro atoms. The van der Waals surface area contributed by atoms with Crippen LogP contribution < -0.4 is 4.90 Å². The van der Waals surface area contributed by atoms with Gasteiger partial charge in [-0.05, 0) is 24.3 Å². The predicted octanol–water partition coefficient (Wildman–Crippen LogP) is 0.551. The van der Waals surface area contributed by atoms with E-state index in [-0.39, 0.29) is 4.90 Å². The average molecular weight is 281 g/mol. The summed E-state index contributed by atoms with van der Waals surface area (Å²) in [7, 11) is -5.98. The SMILES string of the molecule is CN(C)c1ccc(S(=O)(=O)OP(=O)(O)O)cc1. The zero-order chi connectivity index (χ0) is 13.3. The second kappa shape index (κ2) is 4.75. The van der Waals surface area contributed by atoms with Crippen molar-refractivity contribution in [1.82, 2.24) is 0 Å². The van der Waals surface area contributed by atoms with Crippen LogP contribution in [0.3, 0.4) is 0 Å². The van der Waals surface area contributed by atoms with Gasteiger partial charge in [-0.25, -0.2) is 4.57 Å². The number of rotatable bonds is 4. The lowest BCUT2D eigenvalue weighted by Gasteiger charge is -2.12. The van der Waals surface area contributed by atoms with E-state index in [1.807, 2.05) is 0 Å². The standard InChI is InChI=1S/C8H12NO6PS/c1-9(2)7-3-5-8(6-4-7)17(13,14)15-16(10,11)12/h3-6H,1-2H3,(H2,10,11,12). The summed E-state index contributed by atoms with van der Waals surface area (Å²) in [6.07, 6.45) is 0. The summed E-state index contributed by atoms with van der Waals surface area (Å²) in [5.74, 6) is 0. The highest BCUT2D eigenvalue weighted by Gasteiger charge is 2.27. The van der Waals surface area contributed by atoms with Gasteiger partial charge in [0.15, 0.2) is 0 Å². The first-order valence-electron chi connectivity index (χ1n) is 4.41. The summed E-state index contributed by atoms with van der Waals surface area (Å²) in [5, 5.41) is 0. The zero-order valence-electron chi connectivity index (χ0n) is 9.14. The Kier molecular flexibility index (Phi) is 3.95. The molecule has 17 heavy (non-hydrogen) atoms. The molecule has 0 heterocycles. The fraction of sp³-hybridized carbons (Fsp3) is 0.250. The minimum atomic E-state index is -5.08. The first-order valence-corrected chi connectivity index (χ1v) is 7.35. The maximum atomic E-state index is 11.4. The van der Waals surface area contributed by atoms with E-state index in [1.165, 1.54) is 24.3 Å². The summed E-state index contributed by atoms with van der Waals surface area (Å²) in [6.45, 7) is 0. The van der Waals surface area contributed by atoms with Gasteiger partial charge in [0.2, 0.25) is 0 Å². The van der Waals surface area contributed by atoms with Crippen LogP contribution in [0.1, 0.15) is 0 Å². The minimum Gasteiger partial charge on any atom is -0.378 e. The summed E-state index contributed by atoms with van der Waals surface area (Å²) < 4.78 is 37.0. The van der Waals surface area contributed by atoms with Crippen LogP contribution in [-0.2, 0) is 18.7 Å². The van der Waals surface area contributed by atoms with E-state index in [0.717, 1.165) is 5.69 Å². The highest BCUT2D eigenvalue weighted by atomic mass is 32.2. The van der Waals surface area contributed by atoms with Crippen molar-refractivity contribution >= 4 is 23.6 Å². The highest BCUT2D eigenvalue weighted by Crippen LogP contribution is 2.40. The molecule has 0 radical (unpaired) electrons. The molecule has 96 valence electrons. The molecule has 1 aromatic rings. The number of benzene rings is 1. The van der Waals surface area contributed by atoms with E-state index in [0.29, 0.717) is 0 Å². The van der Waals surface area contributed by atoms with Crippen LogP contribution in [0.15, 0.2) is 29.2 Å². The summed E-state index contributed by atoms with van der Waals surface area (Å²) in [6, 6.07) is 5.41. The minimum absolute atomic E-state index is 0.313. The molecule has 0 saturated heterocycles. The van der Waals surface area contributed by atoms with Crippen LogP contribution in [0.5, 0.6) is 0 Å². The lowest BCUT2D eigenvalue weighted by Crippen LogP contribution is -2.09. The monoisotopic (exact) mass is 281 g/mol. The maximum absolute atomic E-state index is 11.4. The molecule has 7 nitrogen and oxygen atoms in total. The molecule has 0 bridgehead atoms. The van der Waals surface area contributed by atoms with Crippen molar-refractivity contribution in [2.24, 2.45) is 0 Å². The normalized spacial score (nSPS) is 12.5. The molecule has 0 aliphatic carbocycles. The molecular weight excluding hydrogens is 269 g/mol. The second-order valence-corrected chi connectivity index (χ2v) is 6.36. The van der Waals surface area contributed by atoms with Gasteiger partial charge in [0.1, 0.15) is 0 Å². The number of nitrogens with zero attached hydrogens (tertiary/aromatic N) is 1. The quantitative estimate of drug-likeness (QED) is 0.776. The summed E-state index contributed by atoms with van der Waals surface area (Å²) >= 11 is 0. The summed E-state index contributed by atoms with van der Waals surface area (Å²) in [4.78, 5) is 18.4. The molecule has 1 aromatic carbocycles. The molecule has 1 rings (SSSR count). The van der Waals surface area contributed by atoms with Gasteiger partial charge >= 0.3 is 17.9 Å². The summed E-state index contributed by atoms with van der Waals surface area (Å²) in [5.41, 5.74) is 0.750. The third kappa shape index (κ3) is 4.10. The Bertz CT molecular complexity index is 532. The van der Waals surface area contributed by atoms with Crippen molar-refractivity contribution in [3.63, 3.8) is 0 Å². The van der Waals surface area contributed by atoms with Gasteiger partial charge in [-0.1, -0.05) is 0 Å². The Morgan fingerprint density at radius 3 is 2.00 bits per heavy atom. The van der Waals surface area contributed by atoms with E-state index in [1.54, 1.807) is 19.0 Å². The van der Waals surface area contributed by atoms with Crippen LogP contribution in [-0.4, -0.2) is 32.3 Å². The molecule has 0 amide bonds.